The molecule has 0 aliphatic carbocycles. The number of hydrogen-bond acceptors (Lipinski definition) is 8. The topological polar surface area (TPSA) is 78.3 Å². The molecule has 1 aromatic carbocycles. The van der Waals surface area contributed by atoms with Gasteiger partial charge in [0.05, 0.1) is 6.21 Å². The summed E-state index contributed by atoms with van der Waals surface area (Å²) in [5, 5.41) is 9.48. The van der Waals surface area contributed by atoms with Crippen molar-refractivity contribution in [1.82, 2.24) is 15.0 Å². The third-order valence-corrected chi connectivity index (χ3v) is 4.75. The van der Waals surface area contributed by atoms with E-state index in [1.54, 1.807) is 17.6 Å². The number of aromatic nitrogens is 3. The van der Waals surface area contributed by atoms with Crippen LogP contribution in [-0.2, 0) is 0 Å². The summed E-state index contributed by atoms with van der Waals surface area (Å²) in [4.78, 5) is 16.8. The highest BCUT2D eigenvalue weighted by molar-refractivity contribution is 7.11. The number of thiophene rings is 1. The second-order valence-corrected chi connectivity index (χ2v) is 6.83. The number of rotatable bonds is 6. The fourth-order valence-electron chi connectivity index (χ4n) is 2.70. The maximum absolute atomic E-state index is 4.57. The highest BCUT2D eigenvalue weighted by atomic mass is 32.1. The molecule has 7 nitrogen and oxygen atoms in total. The molecule has 8 heteroatoms. The lowest BCUT2D eigenvalue weighted by molar-refractivity contribution is 0.883. The van der Waals surface area contributed by atoms with Crippen molar-refractivity contribution in [2.45, 2.75) is 12.8 Å². The highest BCUT2D eigenvalue weighted by Gasteiger charge is 2.17. The van der Waals surface area contributed by atoms with Crippen molar-refractivity contribution in [3.63, 3.8) is 0 Å². The maximum Gasteiger partial charge on any atom is 0.250 e. The lowest BCUT2D eigenvalue weighted by atomic mass is 10.3. The number of hydrogen-bond donors (Lipinski definition) is 2. The van der Waals surface area contributed by atoms with Crippen LogP contribution in [0.4, 0.5) is 23.5 Å². The Morgan fingerprint density at radius 3 is 2.54 bits per heavy atom. The van der Waals surface area contributed by atoms with Gasteiger partial charge in [-0.3, -0.25) is 0 Å². The van der Waals surface area contributed by atoms with Gasteiger partial charge in [0.15, 0.2) is 0 Å². The molecule has 1 fully saturated rings. The van der Waals surface area contributed by atoms with E-state index < -0.39 is 0 Å². The van der Waals surface area contributed by atoms with Crippen LogP contribution < -0.4 is 15.6 Å². The van der Waals surface area contributed by atoms with E-state index in [1.807, 2.05) is 47.8 Å². The standard InChI is InChI=1S/C18H19N7S/c1-2-7-14(8-3-1)20-16-21-17(24-19-13-15-9-6-12-26-15)23-18(22-16)25-10-4-5-11-25/h1-3,6-9,12-13H,4-5,10-11H2,(H2,20,21,22,23,24)/b19-13-. The Labute approximate surface area is 155 Å². The monoisotopic (exact) mass is 365 g/mol. The first-order chi connectivity index (χ1) is 12.9. The molecule has 1 aliphatic rings. The van der Waals surface area contributed by atoms with Gasteiger partial charge in [0.25, 0.3) is 0 Å². The van der Waals surface area contributed by atoms with E-state index in [2.05, 4.69) is 35.7 Å². The molecule has 0 spiro atoms. The van der Waals surface area contributed by atoms with Crippen LogP contribution in [0.3, 0.4) is 0 Å². The van der Waals surface area contributed by atoms with Crippen LogP contribution in [0.5, 0.6) is 0 Å². The predicted octanol–water partition coefficient (Wildman–Crippen LogP) is 3.72. The van der Waals surface area contributed by atoms with Crippen LogP contribution in [0, 0.1) is 0 Å². The third kappa shape index (κ3) is 4.15. The summed E-state index contributed by atoms with van der Waals surface area (Å²) in [7, 11) is 0. The van der Waals surface area contributed by atoms with Crippen LogP contribution in [0.1, 0.15) is 17.7 Å². The van der Waals surface area contributed by atoms with Crippen molar-refractivity contribution in [2.24, 2.45) is 5.10 Å². The first kappa shape index (κ1) is 16.5. The molecule has 2 aromatic heterocycles. The molecule has 132 valence electrons. The fourth-order valence-corrected chi connectivity index (χ4v) is 3.28. The molecule has 0 bridgehead atoms. The van der Waals surface area contributed by atoms with Gasteiger partial charge in [-0.05, 0) is 36.4 Å². The van der Waals surface area contributed by atoms with Crippen molar-refractivity contribution in [3.8, 4) is 0 Å². The summed E-state index contributed by atoms with van der Waals surface area (Å²) in [6, 6.07) is 13.8. The lowest BCUT2D eigenvalue weighted by Crippen LogP contribution is -2.21. The molecule has 4 rings (SSSR count). The normalized spacial score (nSPS) is 14.1. The van der Waals surface area contributed by atoms with E-state index in [0.29, 0.717) is 17.8 Å². The second kappa shape index (κ2) is 7.92. The first-order valence-electron chi connectivity index (χ1n) is 8.52. The van der Waals surface area contributed by atoms with E-state index >= 15 is 0 Å². The van der Waals surface area contributed by atoms with E-state index in [9.17, 15) is 0 Å². The van der Waals surface area contributed by atoms with Crippen molar-refractivity contribution in [3.05, 3.63) is 52.7 Å². The third-order valence-electron chi connectivity index (χ3n) is 3.94. The smallest absolute Gasteiger partial charge is 0.250 e. The zero-order valence-corrected chi connectivity index (χ0v) is 15.0. The Bertz CT molecular complexity index is 859. The van der Waals surface area contributed by atoms with Gasteiger partial charge in [-0.25, -0.2) is 5.43 Å². The average molecular weight is 365 g/mol. The van der Waals surface area contributed by atoms with Gasteiger partial charge in [0, 0.05) is 23.7 Å². The van der Waals surface area contributed by atoms with Crippen molar-refractivity contribution >= 4 is 41.1 Å². The van der Waals surface area contributed by atoms with Crippen LogP contribution in [0.15, 0.2) is 52.9 Å². The van der Waals surface area contributed by atoms with E-state index in [-0.39, 0.29) is 0 Å². The molecular formula is C18H19N7S. The second-order valence-electron chi connectivity index (χ2n) is 5.85. The van der Waals surface area contributed by atoms with Crippen LogP contribution >= 0.6 is 11.3 Å². The minimum atomic E-state index is 0.424. The molecule has 0 saturated carbocycles. The van der Waals surface area contributed by atoms with Crippen LogP contribution in [0.2, 0.25) is 0 Å². The summed E-state index contributed by atoms with van der Waals surface area (Å²) in [5.41, 5.74) is 3.85. The number of hydrazone groups is 1. The van der Waals surface area contributed by atoms with Gasteiger partial charge in [0.1, 0.15) is 0 Å². The molecule has 3 aromatic rings. The van der Waals surface area contributed by atoms with E-state index in [1.165, 1.54) is 0 Å². The fraction of sp³-hybridized carbons (Fsp3) is 0.222. The zero-order chi connectivity index (χ0) is 17.6. The first-order valence-corrected chi connectivity index (χ1v) is 9.40. The summed E-state index contributed by atoms with van der Waals surface area (Å²) in [5.74, 6) is 1.60. The molecule has 3 heterocycles. The van der Waals surface area contributed by atoms with Gasteiger partial charge in [-0.15, -0.1) is 11.3 Å². The van der Waals surface area contributed by atoms with Gasteiger partial charge < -0.3 is 10.2 Å². The summed E-state index contributed by atoms with van der Waals surface area (Å²) < 4.78 is 0. The minimum absolute atomic E-state index is 0.424. The highest BCUT2D eigenvalue weighted by Crippen LogP contribution is 2.20. The largest absolute Gasteiger partial charge is 0.341 e. The Balaban J connectivity index is 1.57. The number of nitrogens with one attached hydrogen (secondary N) is 2. The van der Waals surface area contributed by atoms with E-state index in [0.717, 1.165) is 36.5 Å². The number of benzene rings is 1. The number of nitrogens with zero attached hydrogens (tertiary/aromatic N) is 5. The summed E-state index contributed by atoms with van der Waals surface area (Å²) >= 11 is 1.62. The van der Waals surface area contributed by atoms with Crippen LogP contribution in [0.25, 0.3) is 0 Å². The summed E-state index contributed by atoms with van der Waals surface area (Å²) in [6.45, 7) is 1.93. The molecular weight excluding hydrogens is 346 g/mol. The van der Waals surface area contributed by atoms with Gasteiger partial charge in [-0.2, -0.15) is 20.1 Å². The molecule has 1 aliphatic heterocycles. The number of para-hydroxylation sites is 1. The Morgan fingerprint density at radius 1 is 0.962 bits per heavy atom. The van der Waals surface area contributed by atoms with Crippen molar-refractivity contribution in [1.29, 1.82) is 0 Å². The minimum Gasteiger partial charge on any atom is -0.341 e. The average Bonchev–Trinajstić information content (AvgIpc) is 3.37. The van der Waals surface area contributed by atoms with Gasteiger partial charge in [-0.1, -0.05) is 24.3 Å². The SMILES string of the molecule is C(=N/Nc1nc(Nc2ccccc2)nc(N2CCCC2)n1)/c1cccs1. The van der Waals surface area contributed by atoms with Gasteiger partial charge >= 0.3 is 0 Å². The van der Waals surface area contributed by atoms with E-state index in [4.69, 9.17) is 0 Å². The Hall–Kier alpha value is -3.00. The molecule has 26 heavy (non-hydrogen) atoms. The zero-order valence-electron chi connectivity index (χ0n) is 14.2. The van der Waals surface area contributed by atoms with Crippen molar-refractivity contribution in [2.75, 3.05) is 28.7 Å². The molecule has 0 atom stereocenters. The molecule has 1 saturated heterocycles. The van der Waals surface area contributed by atoms with Crippen molar-refractivity contribution < 1.29 is 0 Å². The Morgan fingerprint density at radius 2 is 1.77 bits per heavy atom. The molecule has 0 radical (unpaired) electrons. The summed E-state index contributed by atoms with van der Waals surface area (Å²) in [6.07, 6.45) is 4.08. The molecule has 0 amide bonds. The quantitative estimate of drug-likeness (QED) is 0.512. The maximum atomic E-state index is 4.57. The molecule has 0 unspecified atom stereocenters. The lowest BCUT2D eigenvalue weighted by Gasteiger charge is -2.16. The van der Waals surface area contributed by atoms with Crippen LogP contribution in [-0.4, -0.2) is 34.3 Å². The predicted molar refractivity (Wildman–Crippen MR) is 107 cm³/mol. The van der Waals surface area contributed by atoms with Gasteiger partial charge in [0.2, 0.25) is 17.8 Å². The number of anilines is 4. The molecule has 2 N–H and O–H groups in total. The Kier molecular flexibility index (Phi) is 5.02.